The van der Waals surface area contributed by atoms with Crippen LogP contribution in [-0.4, -0.2) is 35.0 Å². The maximum absolute atomic E-state index is 11.5. The van der Waals surface area contributed by atoms with Crippen LogP contribution < -0.4 is 0 Å². The molecule has 3 nitrogen and oxygen atoms in total. The Bertz CT molecular complexity index is 275. The molecule has 1 aliphatic carbocycles. The van der Waals surface area contributed by atoms with E-state index in [-0.39, 0.29) is 5.78 Å². The summed E-state index contributed by atoms with van der Waals surface area (Å²) in [6.07, 6.45) is 7.26. The molecule has 2 rings (SSSR count). The van der Waals surface area contributed by atoms with Crippen molar-refractivity contribution in [3.63, 3.8) is 0 Å². The van der Waals surface area contributed by atoms with Crippen LogP contribution in [0.15, 0.2) is 17.8 Å². The maximum Gasteiger partial charge on any atom is 0.211 e. The molecule has 0 amide bonds. The van der Waals surface area contributed by atoms with Crippen molar-refractivity contribution in [1.82, 2.24) is 4.90 Å². The van der Waals surface area contributed by atoms with Gasteiger partial charge in [0.2, 0.25) is 5.78 Å². The fourth-order valence-electron chi connectivity index (χ4n) is 1.70. The average molecular weight is 178 g/mol. The minimum atomic E-state index is -0.961. The van der Waals surface area contributed by atoms with Crippen molar-refractivity contribution in [1.29, 1.82) is 0 Å². The van der Waals surface area contributed by atoms with E-state index >= 15 is 0 Å². The SMILES string of the molecule is O=C1C(N2CCCC2)=[C]C=CC1O. The highest BCUT2D eigenvalue weighted by atomic mass is 16.3. The zero-order valence-corrected chi connectivity index (χ0v) is 7.36. The summed E-state index contributed by atoms with van der Waals surface area (Å²) in [5, 5.41) is 9.28. The molecule has 1 aliphatic heterocycles. The van der Waals surface area contributed by atoms with Gasteiger partial charge in [0, 0.05) is 19.2 Å². The summed E-state index contributed by atoms with van der Waals surface area (Å²) in [7, 11) is 0. The lowest BCUT2D eigenvalue weighted by atomic mass is 10.1. The number of carbonyl (C=O) groups is 1. The van der Waals surface area contributed by atoms with Crippen molar-refractivity contribution in [2.45, 2.75) is 18.9 Å². The van der Waals surface area contributed by atoms with E-state index in [4.69, 9.17) is 0 Å². The number of nitrogens with zero attached hydrogens (tertiary/aromatic N) is 1. The molecule has 0 saturated carbocycles. The van der Waals surface area contributed by atoms with Crippen LogP contribution in [0.2, 0.25) is 0 Å². The first-order valence-electron chi connectivity index (χ1n) is 4.56. The number of rotatable bonds is 1. The van der Waals surface area contributed by atoms with Crippen LogP contribution in [0.25, 0.3) is 0 Å². The molecule has 13 heavy (non-hydrogen) atoms. The summed E-state index contributed by atoms with van der Waals surface area (Å²) in [6, 6.07) is 0. The van der Waals surface area contributed by atoms with Gasteiger partial charge in [-0.2, -0.15) is 0 Å². The summed E-state index contributed by atoms with van der Waals surface area (Å²) in [5.74, 6) is -0.218. The van der Waals surface area contributed by atoms with E-state index in [1.165, 1.54) is 6.08 Å². The summed E-state index contributed by atoms with van der Waals surface area (Å²) in [6.45, 7) is 1.82. The highest BCUT2D eigenvalue weighted by molar-refractivity contribution is 6.00. The molecule has 1 atom stereocenters. The van der Waals surface area contributed by atoms with Gasteiger partial charge in [-0.25, -0.2) is 0 Å². The predicted octanol–water partition coefficient (Wildman–Crippen LogP) is 0.269. The van der Waals surface area contributed by atoms with E-state index in [1.54, 1.807) is 6.08 Å². The highest BCUT2D eigenvalue weighted by Gasteiger charge is 2.26. The quantitative estimate of drug-likeness (QED) is 0.626. The molecule has 1 radical (unpaired) electrons. The molecule has 1 heterocycles. The van der Waals surface area contributed by atoms with Crippen molar-refractivity contribution < 1.29 is 9.90 Å². The minimum Gasteiger partial charge on any atom is -0.381 e. The Morgan fingerprint density at radius 1 is 1.46 bits per heavy atom. The zero-order valence-electron chi connectivity index (χ0n) is 7.36. The number of allylic oxidation sites excluding steroid dienone is 2. The van der Waals surface area contributed by atoms with Gasteiger partial charge < -0.3 is 10.0 Å². The summed E-state index contributed by atoms with van der Waals surface area (Å²) in [4.78, 5) is 13.5. The van der Waals surface area contributed by atoms with Gasteiger partial charge in [-0.1, -0.05) is 6.08 Å². The van der Waals surface area contributed by atoms with Crippen molar-refractivity contribution in [2.75, 3.05) is 13.1 Å². The zero-order chi connectivity index (χ0) is 9.26. The van der Waals surface area contributed by atoms with E-state index in [1.807, 2.05) is 4.90 Å². The number of Topliss-reactive ketones (excluding diaryl/α,β-unsaturated/α-hetero) is 1. The van der Waals surface area contributed by atoms with Gasteiger partial charge in [0.15, 0.2) is 0 Å². The third-order valence-corrected chi connectivity index (χ3v) is 2.42. The number of ketones is 1. The Labute approximate surface area is 77.3 Å². The molecule has 3 heteroatoms. The molecule has 0 aromatic heterocycles. The maximum atomic E-state index is 11.5. The third kappa shape index (κ3) is 1.52. The Morgan fingerprint density at radius 2 is 2.15 bits per heavy atom. The molecule has 1 N–H and O–H groups in total. The molecule has 1 saturated heterocycles. The lowest BCUT2D eigenvalue weighted by Gasteiger charge is -2.22. The lowest BCUT2D eigenvalue weighted by molar-refractivity contribution is -0.122. The molecule has 0 spiro atoms. The van der Waals surface area contributed by atoms with Crippen LogP contribution in [0, 0.1) is 6.08 Å². The van der Waals surface area contributed by atoms with E-state index in [2.05, 4.69) is 6.08 Å². The van der Waals surface area contributed by atoms with Gasteiger partial charge in [0.25, 0.3) is 0 Å². The number of carbonyl (C=O) groups excluding carboxylic acids is 1. The molecule has 1 unspecified atom stereocenters. The second kappa shape index (κ2) is 3.34. The summed E-state index contributed by atoms with van der Waals surface area (Å²) < 4.78 is 0. The van der Waals surface area contributed by atoms with E-state index in [9.17, 15) is 9.90 Å². The number of aliphatic hydroxyl groups is 1. The Kier molecular flexibility index (Phi) is 2.19. The lowest BCUT2D eigenvalue weighted by Crippen LogP contribution is -2.32. The smallest absolute Gasteiger partial charge is 0.211 e. The van der Waals surface area contributed by atoms with E-state index < -0.39 is 6.10 Å². The van der Waals surface area contributed by atoms with Crippen LogP contribution in [-0.2, 0) is 4.79 Å². The van der Waals surface area contributed by atoms with Crippen LogP contribution >= 0.6 is 0 Å². The second-order valence-electron chi connectivity index (χ2n) is 3.36. The molecule has 2 aliphatic rings. The number of hydrogen-bond donors (Lipinski definition) is 1. The predicted molar refractivity (Wildman–Crippen MR) is 47.7 cm³/mol. The molecule has 69 valence electrons. The standard InChI is InChI=1S/C10H12NO2/c12-9-5-3-4-8(10(9)13)11-6-1-2-7-11/h3,5,9,12H,1-2,6-7H2. The first-order chi connectivity index (χ1) is 6.29. The van der Waals surface area contributed by atoms with Crippen molar-refractivity contribution >= 4 is 5.78 Å². The Hall–Kier alpha value is -1.09. The topological polar surface area (TPSA) is 40.5 Å². The van der Waals surface area contributed by atoms with Gasteiger partial charge in [-0.15, -0.1) is 0 Å². The first kappa shape index (κ1) is 8.51. The molecule has 0 aromatic carbocycles. The average Bonchev–Trinajstić information content (AvgIpc) is 2.62. The van der Waals surface area contributed by atoms with Crippen molar-refractivity contribution in [3.8, 4) is 0 Å². The van der Waals surface area contributed by atoms with Gasteiger partial charge in [-0.05, 0) is 18.9 Å². The number of hydrogen-bond acceptors (Lipinski definition) is 3. The van der Waals surface area contributed by atoms with Crippen LogP contribution in [0.3, 0.4) is 0 Å². The monoisotopic (exact) mass is 178 g/mol. The second-order valence-corrected chi connectivity index (χ2v) is 3.36. The van der Waals surface area contributed by atoms with Crippen LogP contribution in [0.5, 0.6) is 0 Å². The largest absolute Gasteiger partial charge is 0.381 e. The fraction of sp³-hybridized carbons (Fsp3) is 0.500. The minimum absolute atomic E-state index is 0.218. The van der Waals surface area contributed by atoms with E-state index in [0.29, 0.717) is 5.70 Å². The number of likely N-dealkylation sites (tertiary alicyclic amines) is 1. The van der Waals surface area contributed by atoms with Gasteiger partial charge in [-0.3, -0.25) is 4.79 Å². The highest BCUT2D eigenvalue weighted by Crippen LogP contribution is 2.18. The fourth-order valence-corrected chi connectivity index (χ4v) is 1.70. The molecule has 0 aromatic rings. The van der Waals surface area contributed by atoms with Crippen LogP contribution in [0.4, 0.5) is 0 Å². The van der Waals surface area contributed by atoms with Gasteiger partial charge in [0.05, 0.1) is 5.70 Å². The Balaban J connectivity index is 2.17. The number of aliphatic hydroxyl groups excluding tert-OH is 1. The van der Waals surface area contributed by atoms with E-state index in [0.717, 1.165) is 25.9 Å². The van der Waals surface area contributed by atoms with Crippen molar-refractivity contribution in [2.24, 2.45) is 0 Å². The molecule has 1 fully saturated rings. The third-order valence-electron chi connectivity index (χ3n) is 2.42. The van der Waals surface area contributed by atoms with Gasteiger partial charge in [0.1, 0.15) is 6.10 Å². The molecular formula is C10H12NO2. The molecule has 0 bridgehead atoms. The van der Waals surface area contributed by atoms with Crippen molar-refractivity contribution in [3.05, 3.63) is 23.9 Å². The summed E-state index contributed by atoms with van der Waals surface area (Å²) >= 11 is 0. The Morgan fingerprint density at radius 3 is 2.85 bits per heavy atom. The summed E-state index contributed by atoms with van der Waals surface area (Å²) in [5.41, 5.74) is 0.549. The van der Waals surface area contributed by atoms with Crippen LogP contribution in [0.1, 0.15) is 12.8 Å². The normalized spacial score (nSPS) is 28.1. The molecular weight excluding hydrogens is 166 g/mol. The van der Waals surface area contributed by atoms with Gasteiger partial charge >= 0.3 is 0 Å². The first-order valence-corrected chi connectivity index (χ1v) is 4.56.